The van der Waals surface area contributed by atoms with Gasteiger partial charge >= 0.3 is 0 Å². The number of carbonyl (C=O) groups excluding carboxylic acids is 1. The highest BCUT2D eigenvalue weighted by atomic mass is 32.2. The fourth-order valence-corrected chi connectivity index (χ4v) is 3.42. The van der Waals surface area contributed by atoms with Crippen molar-refractivity contribution in [3.8, 4) is 0 Å². The van der Waals surface area contributed by atoms with Gasteiger partial charge in [-0.3, -0.25) is 4.79 Å². The number of thioether (sulfide) groups is 1. The van der Waals surface area contributed by atoms with Crippen LogP contribution in [-0.2, 0) is 11.3 Å². The smallest absolute Gasteiger partial charge is 0.237 e. The maximum Gasteiger partial charge on any atom is 0.237 e. The fraction of sp³-hybridized carbons (Fsp3) is 0.533. The molecule has 1 heterocycles. The molecule has 1 aromatic carbocycles. The molecule has 1 aliphatic rings. The van der Waals surface area contributed by atoms with Crippen molar-refractivity contribution in [3.63, 3.8) is 0 Å². The van der Waals surface area contributed by atoms with Crippen molar-refractivity contribution < 1.29 is 4.79 Å². The summed E-state index contributed by atoms with van der Waals surface area (Å²) in [4.78, 5) is 12.2. The van der Waals surface area contributed by atoms with Crippen LogP contribution in [0, 0.1) is 0 Å². The SMILES string of the molecule is CCNCc1ccccc1NC(=O)C1CCCCS1. The predicted molar refractivity (Wildman–Crippen MR) is 82.5 cm³/mol. The lowest BCUT2D eigenvalue weighted by Gasteiger charge is -2.21. The first kappa shape index (κ1) is 14.4. The van der Waals surface area contributed by atoms with Crippen LogP contribution in [0.1, 0.15) is 31.7 Å². The van der Waals surface area contributed by atoms with Gasteiger partial charge in [-0.05, 0) is 36.8 Å². The average molecular weight is 278 g/mol. The Balaban J connectivity index is 1.99. The molecule has 1 unspecified atom stereocenters. The molecular formula is C15H22N2OS. The Labute approximate surface area is 119 Å². The van der Waals surface area contributed by atoms with Gasteiger partial charge in [0.25, 0.3) is 0 Å². The molecule has 104 valence electrons. The zero-order valence-corrected chi connectivity index (χ0v) is 12.3. The molecule has 1 atom stereocenters. The maximum absolute atomic E-state index is 12.2. The highest BCUT2D eigenvalue weighted by molar-refractivity contribution is 8.00. The van der Waals surface area contributed by atoms with Gasteiger partial charge in [-0.1, -0.05) is 31.5 Å². The number of hydrogen-bond donors (Lipinski definition) is 2. The molecule has 1 aromatic rings. The molecule has 4 heteroatoms. The summed E-state index contributed by atoms with van der Waals surface area (Å²) < 4.78 is 0. The number of hydrogen-bond acceptors (Lipinski definition) is 3. The molecule has 0 saturated carbocycles. The van der Waals surface area contributed by atoms with Crippen molar-refractivity contribution >= 4 is 23.4 Å². The molecular weight excluding hydrogens is 256 g/mol. The highest BCUT2D eigenvalue weighted by Crippen LogP contribution is 2.26. The fourth-order valence-electron chi connectivity index (χ4n) is 2.22. The summed E-state index contributed by atoms with van der Waals surface area (Å²) in [5, 5.41) is 6.52. The number of para-hydroxylation sites is 1. The third kappa shape index (κ3) is 4.25. The molecule has 1 saturated heterocycles. The van der Waals surface area contributed by atoms with E-state index in [1.807, 2.05) is 18.2 Å². The van der Waals surface area contributed by atoms with Gasteiger partial charge in [0.15, 0.2) is 0 Å². The standard InChI is InChI=1S/C15H22N2OS/c1-2-16-11-12-7-3-4-8-13(12)17-15(18)14-9-5-6-10-19-14/h3-4,7-8,14,16H,2,5-6,9-11H2,1H3,(H,17,18). The van der Waals surface area contributed by atoms with Gasteiger partial charge in [-0.2, -0.15) is 0 Å². The van der Waals surface area contributed by atoms with E-state index in [9.17, 15) is 4.79 Å². The summed E-state index contributed by atoms with van der Waals surface area (Å²) in [6, 6.07) is 8.03. The van der Waals surface area contributed by atoms with Crippen molar-refractivity contribution in [2.75, 3.05) is 17.6 Å². The Bertz CT molecular complexity index is 416. The molecule has 0 aromatic heterocycles. The van der Waals surface area contributed by atoms with Crippen LogP contribution in [0.25, 0.3) is 0 Å². The molecule has 2 rings (SSSR count). The van der Waals surface area contributed by atoms with E-state index in [0.29, 0.717) is 0 Å². The van der Waals surface area contributed by atoms with E-state index in [2.05, 4.69) is 23.6 Å². The van der Waals surface area contributed by atoms with Crippen LogP contribution < -0.4 is 10.6 Å². The minimum absolute atomic E-state index is 0.126. The van der Waals surface area contributed by atoms with E-state index >= 15 is 0 Å². The van der Waals surface area contributed by atoms with Crippen molar-refractivity contribution in [2.24, 2.45) is 0 Å². The zero-order chi connectivity index (χ0) is 13.5. The largest absolute Gasteiger partial charge is 0.325 e. The first-order valence-corrected chi connectivity index (χ1v) is 8.07. The second-order valence-corrected chi connectivity index (χ2v) is 6.09. The lowest BCUT2D eigenvalue weighted by atomic mass is 10.1. The summed E-state index contributed by atoms with van der Waals surface area (Å²) in [6.07, 6.45) is 3.42. The first-order valence-electron chi connectivity index (χ1n) is 7.02. The lowest BCUT2D eigenvalue weighted by Crippen LogP contribution is -2.28. The molecule has 0 bridgehead atoms. The van der Waals surface area contributed by atoms with Crippen LogP contribution in [0.3, 0.4) is 0 Å². The summed E-state index contributed by atoms with van der Waals surface area (Å²) in [5.41, 5.74) is 2.10. The number of amides is 1. The normalized spacial score (nSPS) is 19.1. The van der Waals surface area contributed by atoms with Gasteiger partial charge in [-0.15, -0.1) is 11.8 Å². The summed E-state index contributed by atoms with van der Waals surface area (Å²) in [7, 11) is 0. The first-order chi connectivity index (χ1) is 9.31. The van der Waals surface area contributed by atoms with Crippen LogP contribution in [0.2, 0.25) is 0 Å². The van der Waals surface area contributed by atoms with Crippen LogP contribution in [0.4, 0.5) is 5.69 Å². The van der Waals surface area contributed by atoms with Crippen LogP contribution >= 0.6 is 11.8 Å². The average Bonchev–Trinajstić information content (AvgIpc) is 2.47. The number of nitrogens with one attached hydrogen (secondary N) is 2. The summed E-state index contributed by atoms with van der Waals surface area (Å²) in [5.74, 6) is 1.27. The van der Waals surface area contributed by atoms with E-state index in [1.165, 1.54) is 12.8 Å². The van der Waals surface area contributed by atoms with E-state index < -0.39 is 0 Å². The highest BCUT2D eigenvalue weighted by Gasteiger charge is 2.22. The predicted octanol–water partition coefficient (Wildman–Crippen LogP) is 3.02. The monoisotopic (exact) mass is 278 g/mol. The Morgan fingerprint density at radius 1 is 1.37 bits per heavy atom. The summed E-state index contributed by atoms with van der Waals surface area (Å²) in [6.45, 7) is 3.81. The van der Waals surface area contributed by atoms with Gasteiger partial charge in [0.1, 0.15) is 0 Å². The molecule has 1 amide bonds. The summed E-state index contributed by atoms with van der Waals surface area (Å²) >= 11 is 1.79. The third-order valence-corrected chi connectivity index (χ3v) is 4.69. The maximum atomic E-state index is 12.2. The molecule has 3 nitrogen and oxygen atoms in total. The molecule has 19 heavy (non-hydrogen) atoms. The minimum Gasteiger partial charge on any atom is -0.325 e. The van der Waals surface area contributed by atoms with Crippen molar-refractivity contribution in [1.82, 2.24) is 5.32 Å². The number of carbonyl (C=O) groups is 1. The number of benzene rings is 1. The van der Waals surface area contributed by atoms with Crippen LogP contribution in [-0.4, -0.2) is 23.5 Å². The Morgan fingerprint density at radius 3 is 2.95 bits per heavy atom. The number of rotatable bonds is 5. The molecule has 0 radical (unpaired) electrons. The van der Waals surface area contributed by atoms with Crippen molar-refractivity contribution in [3.05, 3.63) is 29.8 Å². The Hall–Kier alpha value is -1.000. The minimum atomic E-state index is 0.126. The second-order valence-electron chi connectivity index (χ2n) is 4.78. The zero-order valence-electron chi connectivity index (χ0n) is 11.4. The van der Waals surface area contributed by atoms with E-state index in [1.54, 1.807) is 11.8 Å². The molecule has 1 aliphatic heterocycles. The van der Waals surface area contributed by atoms with Crippen LogP contribution in [0.5, 0.6) is 0 Å². The quantitative estimate of drug-likeness (QED) is 0.870. The number of anilines is 1. The third-order valence-electron chi connectivity index (χ3n) is 3.31. The van der Waals surface area contributed by atoms with Gasteiger partial charge in [0.2, 0.25) is 5.91 Å². The molecule has 0 aliphatic carbocycles. The van der Waals surface area contributed by atoms with E-state index in [0.717, 1.165) is 36.5 Å². The second kappa shape index (κ2) is 7.56. The Morgan fingerprint density at radius 2 is 2.21 bits per heavy atom. The van der Waals surface area contributed by atoms with Gasteiger partial charge in [-0.25, -0.2) is 0 Å². The van der Waals surface area contributed by atoms with Crippen molar-refractivity contribution in [1.29, 1.82) is 0 Å². The Kier molecular flexibility index (Phi) is 5.73. The van der Waals surface area contributed by atoms with Gasteiger partial charge in [0.05, 0.1) is 5.25 Å². The topological polar surface area (TPSA) is 41.1 Å². The van der Waals surface area contributed by atoms with Crippen LogP contribution in [0.15, 0.2) is 24.3 Å². The molecule has 2 N–H and O–H groups in total. The van der Waals surface area contributed by atoms with Gasteiger partial charge in [0, 0.05) is 12.2 Å². The van der Waals surface area contributed by atoms with E-state index in [4.69, 9.17) is 0 Å². The molecule has 1 fully saturated rings. The van der Waals surface area contributed by atoms with Crippen molar-refractivity contribution in [2.45, 2.75) is 38.0 Å². The van der Waals surface area contributed by atoms with Gasteiger partial charge < -0.3 is 10.6 Å². The lowest BCUT2D eigenvalue weighted by molar-refractivity contribution is -0.115. The van der Waals surface area contributed by atoms with E-state index in [-0.39, 0.29) is 11.2 Å². The molecule has 0 spiro atoms.